The Balaban J connectivity index is 2.73. The molecule has 0 radical (unpaired) electrons. The van der Waals surface area contributed by atoms with E-state index in [1.54, 1.807) is 19.1 Å². The first-order valence-electron chi connectivity index (χ1n) is 6.92. The van der Waals surface area contributed by atoms with Crippen LogP contribution < -0.4 is 10.5 Å². The van der Waals surface area contributed by atoms with Gasteiger partial charge in [-0.15, -0.1) is 0 Å². The van der Waals surface area contributed by atoms with Gasteiger partial charge in [0.2, 0.25) is 10.0 Å². The summed E-state index contributed by atoms with van der Waals surface area (Å²) < 4.78 is 36.6. The first-order chi connectivity index (χ1) is 9.93. The highest BCUT2D eigenvalue weighted by molar-refractivity contribution is 7.89. The van der Waals surface area contributed by atoms with E-state index >= 15 is 0 Å². The summed E-state index contributed by atoms with van der Waals surface area (Å²) in [5, 5.41) is 0. The van der Waals surface area contributed by atoms with Crippen LogP contribution >= 0.6 is 0 Å². The Labute approximate surface area is 126 Å². The van der Waals surface area contributed by atoms with Crippen molar-refractivity contribution >= 4 is 10.0 Å². The maximum absolute atomic E-state index is 12.4. The van der Waals surface area contributed by atoms with Crippen molar-refractivity contribution in [3.05, 3.63) is 24.3 Å². The third-order valence-electron chi connectivity index (χ3n) is 3.16. The first-order valence-corrected chi connectivity index (χ1v) is 8.36. The average Bonchev–Trinajstić information content (AvgIpc) is 2.50. The average molecular weight is 316 g/mol. The minimum absolute atomic E-state index is 0.224. The van der Waals surface area contributed by atoms with Gasteiger partial charge >= 0.3 is 0 Å². The molecule has 0 amide bonds. The summed E-state index contributed by atoms with van der Waals surface area (Å²) in [7, 11) is -2.00. The van der Waals surface area contributed by atoms with Gasteiger partial charge < -0.3 is 15.2 Å². The lowest BCUT2D eigenvalue weighted by Crippen LogP contribution is -2.39. The molecule has 6 nitrogen and oxygen atoms in total. The maximum atomic E-state index is 12.4. The second kappa shape index (κ2) is 8.33. The molecular formula is C14H24N2O4S. The van der Waals surface area contributed by atoms with E-state index in [1.165, 1.54) is 23.5 Å². The van der Waals surface area contributed by atoms with Crippen LogP contribution in [0.3, 0.4) is 0 Å². The van der Waals surface area contributed by atoms with Crippen molar-refractivity contribution in [1.82, 2.24) is 4.31 Å². The summed E-state index contributed by atoms with van der Waals surface area (Å²) in [6.07, 6.45) is 0. The Bertz CT molecular complexity index is 516. The number of nitrogens with zero attached hydrogens (tertiary/aromatic N) is 1. The number of nitrogens with two attached hydrogens (primary N) is 1. The van der Waals surface area contributed by atoms with Gasteiger partial charge in [-0.05, 0) is 38.1 Å². The van der Waals surface area contributed by atoms with Crippen molar-refractivity contribution < 1.29 is 17.9 Å². The minimum atomic E-state index is -3.52. The summed E-state index contributed by atoms with van der Waals surface area (Å²) in [4.78, 5) is 0.224. The molecule has 0 spiro atoms. The largest absolute Gasteiger partial charge is 0.491 e. The van der Waals surface area contributed by atoms with Gasteiger partial charge in [0, 0.05) is 26.2 Å². The van der Waals surface area contributed by atoms with E-state index in [0.29, 0.717) is 25.6 Å². The standard InChI is InChI=1S/C14H24N2O4S/c1-4-19-9-10-20-13-5-7-14(8-6-13)21(17,18)16(3)12(2)11-15/h5-8,12H,4,9-11,15H2,1-3H3. The zero-order valence-electron chi connectivity index (χ0n) is 12.8. The molecule has 1 rings (SSSR count). The highest BCUT2D eigenvalue weighted by atomic mass is 32.2. The number of likely N-dealkylation sites (N-methyl/N-ethyl adjacent to an activating group) is 1. The molecule has 0 aliphatic heterocycles. The molecule has 0 aliphatic carbocycles. The quantitative estimate of drug-likeness (QED) is 0.689. The molecule has 0 aliphatic rings. The molecule has 1 aromatic rings. The lowest BCUT2D eigenvalue weighted by Gasteiger charge is -2.23. The van der Waals surface area contributed by atoms with Crippen LogP contribution in [0.1, 0.15) is 13.8 Å². The molecule has 1 aromatic carbocycles. The van der Waals surface area contributed by atoms with Crippen molar-refractivity contribution in [3.8, 4) is 5.75 Å². The Morgan fingerprint density at radius 3 is 2.38 bits per heavy atom. The predicted octanol–water partition coefficient (Wildman–Crippen LogP) is 1.07. The van der Waals surface area contributed by atoms with Crippen LogP contribution in [0.4, 0.5) is 0 Å². The van der Waals surface area contributed by atoms with E-state index in [2.05, 4.69) is 0 Å². The molecule has 21 heavy (non-hydrogen) atoms. The fourth-order valence-electron chi connectivity index (χ4n) is 1.62. The van der Waals surface area contributed by atoms with Gasteiger partial charge in [-0.3, -0.25) is 0 Å². The van der Waals surface area contributed by atoms with E-state index < -0.39 is 10.0 Å². The number of rotatable bonds is 9. The summed E-state index contributed by atoms with van der Waals surface area (Å²) in [6.45, 7) is 5.54. The SMILES string of the molecule is CCOCCOc1ccc(S(=O)(=O)N(C)C(C)CN)cc1. The normalized spacial score (nSPS) is 13.4. The van der Waals surface area contributed by atoms with Gasteiger partial charge in [0.25, 0.3) is 0 Å². The van der Waals surface area contributed by atoms with E-state index in [9.17, 15) is 8.42 Å². The van der Waals surface area contributed by atoms with Gasteiger partial charge in [0.05, 0.1) is 11.5 Å². The maximum Gasteiger partial charge on any atom is 0.243 e. The van der Waals surface area contributed by atoms with Gasteiger partial charge in [-0.2, -0.15) is 4.31 Å². The van der Waals surface area contributed by atoms with Crippen LogP contribution in [-0.4, -0.2) is 52.2 Å². The van der Waals surface area contributed by atoms with Crippen LogP contribution in [0.5, 0.6) is 5.75 Å². The molecule has 0 bridgehead atoms. The van der Waals surface area contributed by atoms with Crippen molar-refractivity contribution in [2.45, 2.75) is 24.8 Å². The van der Waals surface area contributed by atoms with Crippen LogP contribution in [0.25, 0.3) is 0 Å². The van der Waals surface area contributed by atoms with Crippen molar-refractivity contribution in [2.75, 3.05) is 33.4 Å². The number of hydrogen-bond donors (Lipinski definition) is 1. The fraction of sp³-hybridized carbons (Fsp3) is 0.571. The Kier molecular flexibility index (Phi) is 7.10. The van der Waals surface area contributed by atoms with Crippen LogP contribution in [-0.2, 0) is 14.8 Å². The summed E-state index contributed by atoms with van der Waals surface area (Å²) >= 11 is 0. The molecule has 2 N–H and O–H groups in total. The second-order valence-corrected chi connectivity index (χ2v) is 6.62. The Morgan fingerprint density at radius 1 is 1.24 bits per heavy atom. The van der Waals surface area contributed by atoms with Crippen molar-refractivity contribution in [2.24, 2.45) is 5.73 Å². The monoisotopic (exact) mass is 316 g/mol. The molecule has 0 fully saturated rings. The van der Waals surface area contributed by atoms with Crippen LogP contribution in [0.2, 0.25) is 0 Å². The first kappa shape index (κ1) is 17.9. The minimum Gasteiger partial charge on any atom is -0.491 e. The van der Waals surface area contributed by atoms with Gasteiger partial charge in [0.1, 0.15) is 12.4 Å². The molecule has 0 heterocycles. The molecule has 1 atom stereocenters. The number of hydrogen-bond acceptors (Lipinski definition) is 5. The zero-order valence-corrected chi connectivity index (χ0v) is 13.6. The molecule has 0 saturated heterocycles. The van der Waals surface area contributed by atoms with E-state index in [4.69, 9.17) is 15.2 Å². The van der Waals surface area contributed by atoms with Crippen molar-refractivity contribution in [1.29, 1.82) is 0 Å². The number of ether oxygens (including phenoxy) is 2. The molecule has 1 unspecified atom stereocenters. The number of sulfonamides is 1. The Morgan fingerprint density at radius 2 is 1.86 bits per heavy atom. The predicted molar refractivity (Wildman–Crippen MR) is 81.9 cm³/mol. The van der Waals surface area contributed by atoms with E-state index in [1.807, 2.05) is 6.92 Å². The highest BCUT2D eigenvalue weighted by Crippen LogP contribution is 2.20. The zero-order chi connectivity index (χ0) is 15.9. The molecule has 0 saturated carbocycles. The highest BCUT2D eigenvalue weighted by Gasteiger charge is 2.24. The number of benzene rings is 1. The summed E-state index contributed by atoms with van der Waals surface area (Å²) in [5.74, 6) is 0.614. The molecular weight excluding hydrogens is 292 g/mol. The van der Waals surface area contributed by atoms with E-state index in [-0.39, 0.29) is 17.5 Å². The fourth-order valence-corrected chi connectivity index (χ4v) is 2.99. The smallest absolute Gasteiger partial charge is 0.243 e. The second-order valence-electron chi connectivity index (χ2n) is 4.62. The molecule has 120 valence electrons. The van der Waals surface area contributed by atoms with Gasteiger partial charge in [-0.25, -0.2) is 8.42 Å². The van der Waals surface area contributed by atoms with Crippen LogP contribution in [0.15, 0.2) is 29.2 Å². The lowest BCUT2D eigenvalue weighted by molar-refractivity contribution is 0.110. The topological polar surface area (TPSA) is 81.9 Å². The van der Waals surface area contributed by atoms with Gasteiger partial charge in [0.15, 0.2) is 0 Å². The van der Waals surface area contributed by atoms with E-state index in [0.717, 1.165) is 0 Å². The Hall–Kier alpha value is -1.15. The molecule has 0 aromatic heterocycles. The lowest BCUT2D eigenvalue weighted by atomic mass is 10.3. The molecule has 7 heteroatoms. The third kappa shape index (κ3) is 4.96. The van der Waals surface area contributed by atoms with Crippen LogP contribution in [0, 0.1) is 0 Å². The summed E-state index contributed by atoms with van der Waals surface area (Å²) in [6, 6.07) is 6.09. The van der Waals surface area contributed by atoms with Gasteiger partial charge in [-0.1, -0.05) is 0 Å². The third-order valence-corrected chi connectivity index (χ3v) is 5.15. The van der Waals surface area contributed by atoms with Crippen molar-refractivity contribution in [3.63, 3.8) is 0 Å². The summed E-state index contributed by atoms with van der Waals surface area (Å²) in [5.41, 5.74) is 5.51.